The minimum absolute atomic E-state index is 0.00463. The topological polar surface area (TPSA) is 218 Å². The van der Waals surface area contributed by atoms with Gasteiger partial charge in [-0.05, 0) is 110 Å². The highest BCUT2D eigenvalue weighted by atomic mass is 16.7. The molecule has 0 radical (unpaired) electrons. The number of ether oxygens (including phenoxy) is 2. The smallest absolute Gasteiger partial charge is 0.310 e. The number of aliphatic hydroxyl groups is 8. The van der Waals surface area contributed by atoms with Crippen LogP contribution >= 0.6 is 0 Å². The third kappa shape index (κ3) is 5.63. The van der Waals surface area contributed by atoms with Gasteiger partial charge in [0.25, 0.3) is 0 Å². The van der Waals surface area contributed by atoms with Gasteiger partial charge in [0.05, 0.1) is 36.9 Å². The Balaban J connectivity index is 1.46. The van der Waals surface area contributed by atoms with Crippen LogP contribution in [0.25, 0.3) is 0 Å². The number of allylic oxidation sites excluding steroid dienone is 2. The lowest BCUT2D eigenvalue weighted by Crippen LogP contribution is -2.72. The van der Waals surface area contributed by atoms with Gasteiger partial charge in [0.1, 0.15) is 18.3 Å². The third-order valence-corrected chi connectivity index (χ3v) is 16.3. The van der Waals surface area contributed by atoms with Crippen molar-refractivity contribution in [3.8, 4) is 0 Å². The van der Waals surface area contributed by atoms with Crippen molar-refractivity contribution in [3.05, 3.63) is 11.6 Å². The molecule has 51 heavy (non-hydrogen) atoms. The molecule has 6 aliphatic rings. The molecule has 0 aromatic rings. The SMILES string of the molecule is CC1(CO)CCC2(C(=O)O)CCC3(C)C(=CC(CCCO)C4C5(C)CC(O)C(OC6OCC(O)C(O)C6O)C(C)(C(O)CO)C5CCC43C)C2C1. The number of rotatable bonds is 9. The Morgan fingerprint density at radius 2 is 1.63 bits per heavy atom. The van der Waals surface area contributed by atoms with Crippen LogP contribution in [0.15, 0.2) is 11.6 Å². The summed E-state index contributed by atoms with van der Waals surface area (Å²) in [6.07, 6.45) is -1.23. The van der Waals surface area contributed by atoms with Crippen molar-refractivity contribution >= 4 is 5.97 Å². The molecule has 0 spiro atoms. The van der Waals surface area contributed by atoms with Gasteiger partial charge in [-0.3, -0.25) is 4.79 Å². The van der Waals surface area contributed by atoms with Gasteiger partial charge in [-0.2, -0.15) is 0 Å². The molecule has 17 atom stereocenters. The summed E-state index contributed by atoms with van der Waals surface area (Å²) in [7, 11) is 0. The van der Waals surface area contributed by atoms with Crippen LogP contribution in [-0.4, -0.2) is 121 Å². The van der Waals surface area contributed by atoms with Crippen molar-refractivity contribution < 1.29 is 60.2 Å². The van der Waals surface area contributed by atoms with Crippen LogP contribution in [0.4, 0.5) is 0 Å². The predicted octanol–water partition coefficient (Wildman–Crippen LogP) is 1.97. The first-order valence-corrected chi connectivity index (χ1v) is 19.3. The molecule has 0 bridgehead atoms. The normalized spacial score (nSPS) is 53.2. The molecule has 292 valence electrons. The molecule has 0 aromatic carbocycles. The third-order valence-electron chi connectivity index (χ3n) is 16.3. The van der Waals surface area contributed by atoms with Crippen molar-refractivity contribution in [3.63, 3.8) is 0 Å². The number of hydrogen-bond donors (Lipinski definition) is 9. The van der Waals surface area contributed by atoms with E-state index in [0.29, 0.717) is 51.4 Å². The molecule has 1 saturated heterocycles. The summed E-state index contributed by atoms with van der Waals surface area (Å²) in [6.45, 7) is 9.79. The quantitative estimate of drug-likeness (QED) is 0.123. The molecule has 1 aliphatic heterocycles. The molecular formula is C39H64O12. The van der Waals surface area contributed by atoms with Crippen molar-refractivity contribution in [2.75, 3.05) is 26.4 Å². The summed E-state index contributed by atoms with van der Waals surface area (Å²) < 4.78 is 11.9. The molecule has 0 aromatic heterocycles. The number of fused-ring (bicyclic) bond motifs is 7. The Morgan fingerprint density at radius 3 is 2.25 bits per heavy atom. The summed E-state index contributed by atoms with van der Waals surface area (Å²) >= 11 is 0. The highest BCUT2D eigenvalue weighted by Gasteiger charge is 2.73. The van der Waals surface area contributed by atoms with E-state index in [-0.39, 0.29) is 66.2 Å². The predicted molar refractivity (Wildman–Crippen MR) is 185 cm³/mol. The Morgan fingerprint density at radius 1 is 0.941 bits per heavy atom. The van der Waals surface area contributed by atoms with Gasteiger partial charge in [-0.15, -0.1) is 0 Å². The standard InChI is InChI=1S/C39H64O12/c1-34(20-42)10-12-39(33(48)49)13-11-36(3)22(23(39)16-34)15-21(7-6-14-40)30-35(2)17-24(43)31(51-32-29(47)28(46)25(44)19-50-32)38(5,27(45)18-41)26(35)8-9-37(30,36)4/h15,21,23-32,40-47H,6-14,16-20H2,1-5H3,(H,48,49). The Labute approximate surface area is 301 Å². The summed E-state index contributed by atoms with van der Waals surface area (Å²) in [5.74, 6) is -1.42. The zero-order valence-electron chi connectivity index (χ0n) is 31.1. The Hall–Kier alpha value is -1.19. The molecule has 4 saturated carbocycles. The van der Waals surface area contributed by atoms with Gasteiger partial charge in [-0.1, -0.05) is 46.3 Å². The van der Waals surface area contributed by atoms with E-state index in [4.69, 9.17) is 9.47 Å². The van der Waals surface area contributed by atoms with Crippen LogP contribution in [0, 0.1) is 56.2 Å². The molecule has 5 aliphatic carbocycles. The van der Waals surface area contributed by atoms with Crippen LogP contribution in [0.2, 0.25) is 0 Å². The average molecular weight is 725 g/mol. The van der Waals surface area contributed by atoms with E-state index >= 15 is 0 Å². The van der Waals surface area contributed by atoms with E-state index in [2.05, 4.69) is 33.8 Å². The molecule has 12 heteroatoms. The van der Waals surface area contributed by atoms with Crippen molar-refractivity contribution in [2.45, 2.75) is 142 Å². The second-order valence-corrected chi connectivity index (χ2v) is 18.8. The van der Waals surface area contributed by atoms with Crippen LogP contribution in [-0.2, 0) is 14.3 Å². The minimum Gasteiger partial charge on any atom is -0.481 e. The van der Waals surface area contributed by atoms with Crippen molar-refractivity contribution in [2.24, 2.45) is 56.2 Å². The largest absolute Gasteiger partial charge is 0.481 e. The molecule has 5 fully saturated rings. The van der Waals surface area contributed by atoms with E-state index in [9.17, 15) is 50.8 Å². The second-order valence-electron chi connectivity index (χ2n) is 18.8. The first-order chi connectivity index (χ1) is 23.8. The highest BCUT2D eigenvalue weighted by molar-refractivity contribution is 5.76. The lowest BCUT2D eigenvalue weighted by Gasteiger charge is -2.73. The summed E-state index contributed by atoms with van der Waals surface area (Å²) in [6, 6.07) is 0. The summed E-state index contributed by atoms with van der Waals surface area (Å²) in [5.41, 5.74) is -2.72. The second kappa shape index (κ2) is 13.5. The number of carbonyl (C=O) groups is 1. The van der Waals surface area contributed by atoms with Crippen molar-refractivity contribution in [1.82, 2.24) is 0 Å². The maximum atomic E-state index is 13.2. The molecule has 6 rings (SSSR count). The molecular weight excluding hydrogens is 660 g/mol. The fourth-order valence-corrected chi connectivity index (χ4v) is 13.3. The molecule has 9 N–H and O–H groups in total. The number of hydrogen-bond acceptors (Lipinski definition) is 11. The van der Waals surface area contributed by atoms with Gasteiger partial charge in [0, 0.05) is 18.6 Å². The van der Waals surface area contributed by atoms with Gasteiger partial charge in [-0.25, -0.2) is 0 Å². The fourth-order valence-electron chi connectivity index (χ4n) is 13.3. The van der Waals surface area contributed by atoms with Gasteiger partial charge < -0.3 is 55.4 Å². The number of aliphatic hydroxyl groups excluding tert-OH is 8. The van der Waals surface area contributed by atoms with Gasteiger partial charge in [0.15, 0.2) is 6.29 Å². The first-order valence-electron chi connectivity index (χ1n) is 19.3. The van der Waals surface area contributed by atoms with Crippen LogP contribution in [0.3, 0.4) is 0 Å². The Kier molecular flexibility index (Phi) is 10.5. The van der Waals surface area contributed by atoms with E-state index < -0.39 is 71.7 Å². The maximum absolute atomic E-state index is 13.2. The lowest BCUT2D eigenvalue weighted by atomic mass is 9.31. The fraction of sp³-hybridized carbons (Fsp3) is 0.923. The monoisotopic (exact) mass is 724 g/mol. The Bertz CT molecular complexity index is 1340. The molecule has 1 heterocycles. The van der Waals surface area contributed by atoms with Gasteiger partial charge >= 0.3 is 5.97 Å². The first kappa shape index (κ1) is 39.5. The summed E-state index contributed by atoms with van der Waals surface area (Å²) in [5, 5.41) is 97.0. The minimum atomic E-state index is -1.60. The maximum Gasteiger partial charge on any atom is 0.310 e. The molecule has 12 nitrogen and oxygen atoms in total. The van der Waals surface area contributed by atoms with E-state index in [1.165, 1.54) is 5.57 Å². The molecule has 0 amide bonds. The van der Waals surface area contributed by atoms with Crippen LogP contribution in [0.5, 0.6) is 0 Å². The van der Waals surface area contributed by atoms with E-state index in [0.717, 1.165) is 6.42 Å². The highest BCUT2D eigenvalue weighted by Crippen LogP contribution is 2.77. The zero-order chi connectivity index (χ0) is 37.5. The van der Waals surface area contributed by atoms with Crippen molar-refractivity contribution in [1.29, 1.82) is 0 Å². The lowest BCUT2D eigenvalue weighted by molar-refractivity contribution is -0.337. The number of aliphatic carboxylic acids is 1. The zero-order valence-corrected chi connectivity index (χ0v) is 31.1. The number of carboxylic acids is 1. The van der Waals surface area contributed by atoms with E-state index in [1.54, 1.807) is 0 Å². The average Bonchev–Trinajstić information content (AvgIpc) is 3.08. The number of carboxylic acid groups (broad SMARTS) is 1. The van der Waals surface area contributed by atoms with Gasteiger partial charge in [0.2, 0.25) is 0 Å². The van der Waals surface area contributed by atoms with Crippen LogP contribution < -0.4 is 0 Å². The van der Waals surface area contributed by atoms with E-state index in [1.807, 2.05) is 6.92 Å². The van der Waals surface area contributed by atoms with Crippen LogP contribution in [0.1, 0.15) is 98.8 Å². The summed E-state index contributed by atoms with van der Waals surface area (Å²) in [4.78, 5) is 13.2. The molecule has 17 unspecified atom stereocenters.